The molecule has 1 fully saturated rings. The maximum Gasteiger partial charge on any atom is 0.261 e. The first kappa shape index (κ1) is 24.0. The van der Waals surface area contributed by atoms with Gasteiger partial charge in [-0.1, -0.05) is 6.42 Å². The van der Waals surface area contributed by atoms with Gasteiger partial charge in [0, 0.05) is 12.6 Å². The van der Waals surface area contributed by atoms with E-state index in [-0.39, 0.29) is 17.9 Å². The molecule has 0 saturated carbocycles. The molecular formula is C18H29N5O6S. The number of ether oxygens (including phenoxy) is 1. The summed E-state index contributed by atoms with van der Waals surface area (Å²) in [7, 11) is -2.61. The minimum atomic E-state index is -4.07. The standard InChI is InChI=1S/C18H29N5O6S/c1-29-13-5-7-14(8-6-13)30(27,28)23-11-12(10-16(23)18(25)22-26)21-17(24)15(20)4-2-3-9-19/h5-8,12,15-16,26H,2-4,9-11,19-20H2,1H3,(H,21,24)(H,22,25)/t12-,15+,16-/m1/s1. The number of nitrogens with one attached hydrogen (secondary N) is 2. The number of nitrogens with two attached hydrogens (primary N) is 2. The summed E-state index contributed by atoms with van der Waals surface area (Å²) in [5, 5.41) is 11.7. The zero-order valence-electron chi connectivity index (χ0n) is 16.8. The Kier molecular flexibility index (Phi) is 8.55. The number of rotatable bonds is 10. The molecule has 1 aliphatic rings. The Morgan fingerprint density at radius 3 is 2.53 bits per heavy atom. The van der Waals surface area contributed by atoms with E-state index in [0.717, 1.165) is 10.7 Å². The Hall–Kier alpha value is -2.25. The number of carbonyl (C=O) groups is 2. The summed E-state index contributed by atoms with van der Waals surface area (Å²) in [6, 6.07) is 3.14. The minimum Gasteiger partial charge on any atom is -0.497 e. The van der Waals surface area contributed by atoms with Crippen molar-refractivity contribution in [2.45, 2.75) is 48.7 Å². The van der Waals surface area contributed by atoms with Crippen molar-refractivity contribution in [3.63, 3.8) is 0 Å². The van der Waals surface area contributed by atoms with Crippen molar-refractivity contribution in [2.24, 2.45) is 11.5 Å². The van der Waals surface area contributed by atoms with E-state index in [4.69, 9.17) is 21.4 Å². The maximum atomic E-state index is 13.1. The van der Waals surface area contributed by atoms with Crippen molar-refractivity contribution < 1.29 is 28.0 Å². The first-order valence-corrected chi connectivity index (χ1v) is 11.0. The Balaban J connectivity index is 2.15. The number of methoxy groups -OCH3 is 1. The van der Waals surface area contributed by atoms with Crippen LogP contribution in [0.25, 0.3) is 0 Å². The number of sulfonamides is 1. The molecule has 0 aliphatic carbocycles. The van der Waals surface area contributed by atoms with Crippen LogP contribution in [-0.4, -0.2) is 68.1 Å². The first-order valence-electron chi connectivity index (χ1n) is 9.60. The molecule has 3 atom stereocenters. The SMILES string of the molecule is COc1ccc(S(=O)(=O)N2C[C@H](NC(=O)[C@@H](N)CCCCN)C[C@@H]2C(=O)NO)cc1. The molecule has 0 spiro atoms. The van der Waals surface area contributed by atoms with Gasteiger partial charge in [-0.3, -0.25) is 14.8 Å². The Morgan fingerprint density at radius 1 is 1.30 bits per heavy atom. The fourth-order valence-corrected chi connectivity index (χ4v) is 4.96. The summed E-state index contributed by atoms with van der Waals surface area (Å²) >= 11 is 0. The highest BCUT2D eigenvalue weighted by Crippen LogP contribution is 2.27. The smallest absolute Gasteiger partial charge is 0.261 e. The van der Waals surface area contributed by atoms with Crippen molar-refractivity contribution >= 4 is 21.8 Å². The van der Waals surface area contributed by atoms with Crippen LogP contribution in [0, 0.1) is 0 Å². The second kappa shape index (κ2) is 10.7. The molecule has 2 amide bonds. The molecule has 1 aromatic rings. The van der Waals surface area contributed by atoms with Crippen LogP contribution in [0.3, 0.4) is 0 Å². The predicted octanol–water partition coefficient (Wildman–Crippen LogP) is -1.10. The summed E-state index contributed by atoms with van der Waals surface area (Å²) < 4.78 is 32.2. The number of unbranched alkanes of at least 4 members (excludes halogenated alkanes) is 1. The number of amides is 2. The predicted molar refractivity (Wildman–Crippen MR) is 108 cm³/mol. The third-order valence-electron chi connectivity index (χ3n) is 4.99. The second-order valence-corrected chi connectivity index (χ2v) is 8.96. The third kappa shape index (κ3) is 5.67. The van der Waals surface area contributed by atoms with Crippen LogP contribution in [0.15, 0.2) is 29.2 Å². The molecule has 2 rings (SSSR count). The molecule has 7 N–H and O–H groups in total. The summed E-state index contributed by atoms with van der Waals surface area (Å²) in [4.78, 5) is 24.4. The van der Waals surface area contributed by atoms with Crippen molar-refractivity contribution in [1.82, 2.24) is 15.1 Å². The number of benzene rings is 1. The maximum absolute atomic E-state index is 13.1. The summed E-state index contributed by atoms with van der Waals surface area (Å²) in [5.41, 5.74) is 12.8. The number of hydrogen-bond donors (Lipinski definition) is 5. The van der Waals surface area contributed by atoms with Crippen LogP contribution in [-0.2, 0) is 19.6 Å². The molecular weight excluding hydrogens is 414 g/mol. The van der Waals surface area contributed by atoms with Gasteiger partial charge in [-0.15, -0.1) is 0 Å². The highest BCUT2D eigenvalue weighted by molar-refractivity contribution is 7.89. The van der Waals surface area contributed by atoms with Gasteiger partial charge < -0.3 is 21.5 Å². The lowest BCUT2D eigenvalue weighted by Gasteiger charge is -2.22. The monoisotopic (exact) mass is 443 g/mol. The van der Waals surface area contributed by atoms with E-state index in [2.05, 4.69) is 5.32 Å². The highest BCUT2D eigenvalue weighted by Gasteiger charge is 2.44. The number of hydrogen-bond acceptors (Lipinski definition) is 8. The van der Waals surface area contributed by atoms with E-state index < -0.39 is 40.0 Å². The van der Waals surface area contributed by atoms with Gasteiger partial charge in [0.05, 0.1) is 18.0 Å². The van der Waals surface area contributed by atoms with Crippen molar-refractivity contribution in [1.29, 1.82) is 0 Å². The quantitative estimate of drug-likeness (QED) is 0.172. The molecule has 0 unspecified atom stereocenters. The molecule has 1 heterocycles. The average Bonchev–Trinajstić information content (AvgIpc) is 3.17. The lowest BCUT2D eigenvalue weighted by atomic mass is 10.1. The normalized spacial score (nSPS) is 20.5. The van der Waals surface area contributed by atoms with Crippen LogP contribution in [0.1, 0.15) is 25.7 Å². The van der Waals surface area contributed by atoms with Gasteiger partial charge in [0.25, 0.3) is 5.91 Å². The van der Waals surface area contributed by atoms with Gasteiger partial charge in [-0.25, -0.2) is 13.9 Å². The molecule has 0 aromatic heterocycles. The average molecular weight is 444 g/mol. The van der Waals surface area contributed by atoms with Crippen molar-refractivity contribution in [2.75, 3.05) is 20.2 Å². The molecule has 168 valence electrons. The van der Waals surface area contributed by atoms with Gasteiger partial charge in [0.15, 0.2) is 0 Å². The van der Waals surface area contributed by atoms with E-state index in [1.165, 1.54) is 36.9 Å². The van der Waals surface area contributed by atoms with Crippen molar-refractivity contribution in [3.8, 4) is 5.75 Å². The van der Waals surface area contributed by atoms with Crippen molar-refractivity contribution in [3.05, 3.63) is 24.3 Å². The van der Waals surface area contributed by atoms with E-state index in [0.29, 0.717) is 25.1 Å². The summed E-state index contributed by atoms with van der Waals surface area (Å²) in [5.74, 6) is -0.825. The topological polar surface area (TPSA) is 177 Å². The number of nitrogens with zero attached hydrogens (tertiary/aromatic N) is 1. The Labute approximate surface area is 175 Å². The fourth-order valence-electron chi connectivity index (χ4n) is 3.32. The van der Waals surface area contributed by atoms with E-state index >= 15 is 0 Å². The molecule has 1 saturated heterocycles. The van der Waals surface area contributed by atoms with Gasteiger partial charge in [0.2, 0.25) is 15.9 Å². The molecule has 1 aliphatic heterocycles. The Bertz CT molecular complexity index is 832. The van der Waals surface area contributed by atoms with Gasteiger partial charge >= 0.3 is 0 Å². The van der Waals surface area contributed by atoms with Gasteiger partial charge in [0.1, 0.15) is 11.8 Å². The van der Waals surface area contributed by atoms with E-state index in [1.54, 1.807) is 0 Å². The lowest BCUT2D eigenvalue weighted by molar-refractivity contribution is -0.132. The Morgan fingerprint density at radius 2 is 1.97 bits per heavy atom. The fraction of sp³-hybridized carbons (Fsp3) is 0.556. The second-order valence-electron chi connectivity index (χ2n) is 7.07. The number of hydroxylamine groups is 1. The van der Waals surface area contributed by atoms with Crippen LogP contribution in [0.4, 0.5) is 0 Å². The molecule has 0 bridgehead atoms. The third-order valence-corrected chi connectivity index (χ3v) is 6.88. The minimum absolute atomic E-state index is 0.00301. The molecule has 30 heavy (non-hydrogen) atoms. The highest BCUT2D eigenvalue weighted by atomic mass is 32.2. The molecule has 11 nitrogen and oxygen atoms in total. The van der Waals surface area contributed by atoms with E-state index in [1.807, 2.05) is 0 Å². The molecule has 0 radical (unpaired) electrons. The summed E-state index contributed by atoms with van der Waals surface area (Å²) in [6.45, 7) is 0.376. The molecule has 1 aromatic carbocycles. The van der Waals surface area contributed by atoms with Crippen LogP contribution in [0.2, 0.25) is 0 Å². The largest absolute Gasteiger partial charge is 0.497 e. The summed E-state index contributed by atoms with van der Waals surface area (Å²) in [6.07, 6.45) is 1.90. The van der Waals surface area contributed by atoms with Gasteiger partial charge in [-0.2, -0.15) is 4.31 Å². The van der Waals surface area contributed by atoms with Crippen LogP contribution < -0.4 is 27.0 Å². The molecule has 12 heteroatoms. The van der Waals surface area contributed by atoms with Gasteiger partial charge in [-0.05, 0) is 50.1 Å². The zero-order chi connectivity index (χ0) is 22.3. The van der Waals surface area contributed by atoms with Crippen LogP contribution in [0.5, 0.6) is 5.75 Å². The lowest BCUT2D eigenvalue weighted by Crippen LogP contribution is -2.46. The number of carbonyl (C=O) groups excluding carboxylic acids is 2. The van der Waals surface area contributed by atoms with Crippen LogP contribution >= 0.6 is 0 Å². The first-order chi connectivity index (χ1) is 14.2. The zero-order valence-corrected chi connectivity index (χ0v) is 17.6. The van der Waals surface area contributed by atoms with E-state index in [9.17, 15) is 18.0 Å².